The highest BCUT2D eigenvalue weighted by molar-refractivity contribution is 6.35. The minimum atomic E-state index is -0.177. The Morgan fingerprint density at radius 1 is 0.963 bits per heavy atom. The van der Waals surface area contributed by atoms with Gasteiger partial charge in [-0.05, 0) is 49.4 Å². The maximum atomic E-state index is 13.1. The molecule has 0 spiro atoms. The molecule has 2 aromatic carbocycles. The molecule has 2 amide bonds. The van der Waals surface area contributed by atoms with Gasteiger partial charge in [0, 0.05) is 19.6 Å². The maximum absolute atomic E-state index is 13.1. The number of amides is 2. The first kappa shape index (κ1) is 17.5. The van der Waals surface area contributed by atoms with Gasteiger partial charge in [-0.2, -0.15) is 0 Å². The zero-order chi connectivity index (χ0) is 19.1. The largest absolute Gasteiger partial charge is 0.362 e. The highest BCUT2D eigenvalue weighted by Crippen LogP contribution is 2.35. The molecule has 0 atom stereocenters. The van der Waals surface area contributed by atoms with E-state index >= 15 is 0 Å². The molecule has 0 aliphatic carbocycles. The summed E-state index contributed by atoms with van der Waals surface area (Å²) in [5, 5.41) is 0. The number of hydrogen-bond acceptors (Lipinski definition) is 3. The molecule has 0 saturated heterocycles. The van der Waals surface area contributed by atoms with Crippen molar-refractivity contribution >= 4 is 17.4 Å². The summed E-state index contributed by atoms with van der Waals surface area (Å²) in [6, 6.07) is 14.4. The second kappa shape index (κ2) is 6.69. The summed E-state index contributed by atoms with van der Waals surface area (Å²) in [5.41, 5.74) is 6.71. The number of benzene rings is 2. The van der Waals surface area contributed by atoms with Crippen molar-refractivity contribution in [2.75, 3.05) is 13.1 Å². The van der Waals surface area contributed by atoms with E-state index in [2.05, 4.69) is 29.2 Å². The SMILES string of the molecule is CCN1C(=O)C(c2ccc(C)cc2C)=C(N2CCc3ccccc3C2)C1=O. The third kappa shape index (κ3) is 2.85. The van der Waals surface area contributed by atoms with E-state index in [4.69, 9.17) is 0 Å². The van der Waals surface area contributed by atoms with Gasteiger partial charge in [0.2, 0.25) is 0 Å². The van der Waals surface area contributed by atoms with E-state index in [1.807, 2.05) is 39.0 Å². The summed E-state index contributed by atoms with van der Waals surface area (Å²) in [6.45, 7) is 7.69. The molecule has 0 saturated carbocycles. The first-order valence-electron chi connectivity index (χ1n) is 9.51. The molecular weight excluding hydrogens is 336 g/mol. The van der Waals surface area contributed by atoms with Gasteiger partial charge in [0.05, 0.1) is 5.57 Å². The summed E-state index contributed by atoms with van der Waals surface area (Å²) in [4.78, 5) is 29.7. The molecule has 0 fully saturated rings. The van der Waals surface area contributed by atoms with Gasteiger partial charge >= 0.3 is 0 Å². The number of hydrogen-bond donors (Lipinski definition) is 0. The monoisotopic (exact) mass is 360 g/mol. The molecule has 4 heteroatoms. The fourth-order valence-electron chi connectivity index (χ4n) is 4.17. The first-order valence-corrected chi connectivity index (χ1v) is 9.51. The van der Waals surface area contributed by atoms with Crippen LogP contribution in [0.1, 0.15) is 34.7 Å². The van der Waals surface area contributed by atoms with Crippen molar-refractivity contribution in [3.05, 3.63) is 76.0 Å². The second-order valence-corrected chi connectivity index (χ2v) is 7.34. The first-order chi connectivity index (χ1) is 13.0. The standard InChI is InChI=1S/C23H24N2O2/c1-4-25-22(26)20(19-10-9-15(2)13-16(19)3)21(23(25)27)24-12-11-17-7-5-6-8-18(17)14-24/h5-10,13H,4,11-12,14H2,1-3H3. The summed E-state index contributed by atoms with van der Waals surface area (Å²) < 4.78 is 0. The van der Waals surface area contributed by atoms with Crippen LogP contribution in [-0.4, -0.2) is 34.7 Å². The second-order valence-electron chi connectivity index (χ2n) is 7.34. The van der Waals surface area contributed by atoms with Gasteiger partial charge in [0.25, 0.3) is 11.8 Å². The molecule has 4 nitrogen and oxygen atoms in total. The van der Waals surface area contributed by atoms with Crippen LogP contribution in [0, 0.1) is 13.8 Å². The molecule has 2 aliphatic rings. The van der Waals surface area contributed by atoms with Crippen LogP contribution in [0.15, 0.2) is 48.2 Å². The number of carbonyl (C=O) groups is 2. The lowest BCUT2D eigenvalue weighted by Gasteiger charge is -2.31. The molecule has 0 unspecified atom stereocenters. The van der Waals surface area contributed by atoms with Gasteiger partial charge < -0.3 is 4.90 Å². The van der Waals surface area contributed by atoms with Gasteiger partial charge in [-0.3, -0.25) is 14.5 Å². The lowest BCUT2D eigenvalue weighted by atomic mass is 9.95. The van der Waals surface area contributed by atoms with Crippen molar-refractivity contribution in [3.63, 3.8) is 0 Å². The molecular formula is C23H24N2O2. The summed E-state index contributed by atoms with van der Waals surface area (Å²) in [7, 11) is 0. The van der Waals surface area contributed by atoms with Crippen molar-refractivity contribution in [3.8, 4) is 0 Å². The number of aryl methyl sites for hydroxylation is 2. The Hall–Kier alpha value is -2.88. The number of nitrogens with zero attached hydrogens (tertiary/aromatic N) is 2. The summed E-state index contributed by atoms with van der Waals surface area (Å²) >= 11 is 0. The van der Waals surface area contributed by atoms with Crippen LogP contribution in [0.3, 0.4) is 0 Å². The number of imide groups is 1. The van der Waals surface area contributed by atoms with Crippen molar-refractivity contribution in [1.29, 1.82) is 0 Å². The molecule has 0 radical (unpaired) electrons. The number of carbonyl (C=O) groups excluding carboxylic acids is 2. The molecule has 2 aliphatic heterocycles. The summed E-state index contributed by atoms with van der Waals surface area (Å²) in [5.74, 6) is -0.347. The van der Waals surface area contributed by atoms with Crippen LogP contribution in [-0.2, 0) is 22.6 Å². The van der Waals surface area contributed by atoms with Crippen molar-refractivity contribution in [1.82, 2.24) is 9.80 Å². The van der Waals surface area contributed by atoms with Gasteiger partial charge in [-0.1, -0.05) is 48.0 Å². The van der Waals surface area contributed by atoms with Crippen molar-refractivity contribution in [2.45, 2.75) is 33.7 Å². The molecule has 2 aromatic rings. The number of likely N-dealkylation sites (N-methyl/N-ethyl adjacent to an activating group) is 1. The Morgan fingerprint density at radius 3 is 2.41 bits per heavy atom. The lowest BCUT2D eigenvalue weighted by molar-refractivity contribution is -0.137. The summed E-state index contributed by atoms with van der Waals surface area (Å²) in [6.07, 6.45) is 0.882. The topological polar surface area (TPSA) is 40.6 Å². The van der Waals surface area contributed by atoms with E-state index in [-0.39, 0.29) is 11.8 Å². The zero-order valence-electron chi connectivity index (χ0n) is 16.1. The predicted octanol–water partition coefficient (Wildman–Crippen LogP) is 3.46. The molecule has 0 bridgehead atoms. The Morgan fingerprint density at radius 2 is 1.70 bits per heavy atom. The molecule has 2 heterocycles. The predicted molar refractivity (Wildman–Crippen MR) is 106 cm³/mol. The fraction of sp³-hybridized carbons (Fsp3) is 0.304. The average molecular weight is 360 g/mol. The Bertz CT molecular complexity index is 974. The highest BCUT2D eigenvalue weighted by atomic mass is 16.2. The van der Waals surface area contributed by atoms with Crippen LogP contribution in [0.2, 0.25) is 0 Å². The normalized spacial score (nSPS) is 17.0. The van der Waals surface area contributed by atoms with Crippen LogP contribution in [0.25, 0.3) is 5.57 Å². The van der Waals surface area contributed by atoms with Gasteiger partial charge in [0.15, 0.2) is 0 Å². The van der Waals surface area contributed by atoms with E-state index in [1.165, 1.54) is 16.0 Å². The smallest absolute Gasteiger partial charge is 0.277 e. The Kier molecular flexibility index (Phi) is 4.34. The third-order valence-electron chi connectivity index (χ3n) is 5.56. The zero-order valence-corrected chi connectivity index (χ0v) is 16.1. The van der Waals surface area contributed by atoms with Crippen LogP contribution < -0.4 is 0 Å². The van der Waals surface area contributed by atoms with E-state index in [1.54, 1.807) is 0 Å². The maximum Gasteiger partial charge on any atom is 0.277 e. The highest BCUT2D eigenvalue weighted by Gasteiger charge is 2.41. The fourth-order valence-corrected chi connectivity index (χ4v) is 4.17. The lowest BCUT2D eigenvalue weighted by Crippen LogP contribution is -2.37. The Labute approximate surface area is 160 Å². The molecule has 0 aromatic heterocycles. The van der Waals surface area contributed by atoms with E-state index in [0.717, 1.165) is 29.7 Å². The van der Waals surface area contributed by atoms with Gasteiger partial charge in [0.1, 0.15) is 5.70 Å². The molecule has 27 heavy (non-hydrogen) atoms. The van der Waals surface area contributed by atoms with Crippen LogP contribution >= 0.6 is 0 Å². The van der Waals surface area contributed by atoms with Gasteiger partial charge in [-0.25, -0.2) is 0 Å². The van der Waals surface area contributed by atoms with Crippen LogP contribution in [0.5, 0.6) is 0 Å². The van der Waals surface area contributed by atoms with Crippen molar-refractivity contribution in [2.24, 2.45) is 0 Å². The minimum absolute atomic E-state index is 0.170. The Balaban J connectivity index is 1.84. The van der Waals surface area contributed by atoms with Crippen LogP contribution in [0.4, 0.5) is 0 Å². The molecule has 4 rings (SSSR count). The van der Waals surface area contributed by atoms with E-state index < -0.39 is 0 Å². The van der Waals surface area contributed by atoms with Crippen molar-refractivity contribution < 1.29 is 9.59 Å². The molecule has 138 valence electrons. The third-order valence-corrected chi connectivity index (χ3v) is 5.56. The quantitative estimate of drug-likeness (QED) is 0.787. The molecule has 0 N–H and O–H groups in total. The van der Waals surface area contributed by atoms with E-state index in [9.17, 15) is 9.59 Å². The number of rotatable bonds is 3. The van der Waals surface area contributed by atoms with E-state index in [0.29, 0.717) is 24.4 Å². The average Bonchev–Trinajstić information content (AvgIpc) is 2.91. The van der Waals surface area contributed by atoms with Gasteiger partial charge in [-0.15, -0.1) is 0 Å². The number of fused-ring (bicyclic) bond motifs is 1. The minimum Gasteiger partial charge on any atom is -0.362 e.